The third kappa shape index (κ3) is 3.67. The maximum atomic E-state index is 11.5. The number of benzene rings is 2. The standard InChI is InChI=1S/C19H16BrN3O3/c1-23(10-18(24)25)17-9-14(11-3-2-4-12(7-11)19(21)26)15-8-13(20)5-6-16(15)22-17/h2-9H,10H2,1H3,(H2,21,26)(H,24,25). The number of nitrogens with zero attached hydrogens (tertiary/aromatic N) is 2. The van der Waals surface area contributed by atoms with Crippen LogP contribution in [0.3, 0.4) is 0 Å². The van der Waals surface area contributed by atoms with Gasteiger partial charge in [0.2, 0.25) is 5.91 Å². The van der Waals surface area contributed by atoms with Crippen molar-refractivity contribution in [3.8, 4) is 11.1 Å². The molecule has 0 aliphatic carbocycles. The van der Waals surface area contributed by atoms with Gasteiger partial charge in [-0.15, -0.1) is 0 Å². The van der Waals surface area contributed by atoms with E-state index in [2.05, 4.69) is 20.9 Å². The molecule has 0 saturated carbocycles. The van der Waals surface area contributed by atoms with Crippen molar-refractivity contribution < 1.29 is 14.7 Å². The molecule has 0 spiro atoms. The van der Waals surface area contributed by atoms with Crippen LogP contribution in [0.15, 0.2) is 53.0 Å². The predicted molar refractivity (Wildman–Crippen MR) is 104 cm³/mol. The van der Waals surface area contributed by atoms with Gasteiger partial charge in [-0.1, -0.05) is 28.1 Å². The molecule has 7 heteroatoms. The molecule has 3 aromatic rings. The van der Waals surface area contributed by atoms with Gasteiger partial charge >= 0.3 is 5.97 Å². The Morgan fingerprint density at radius 1 is 1.19 bits per heavy atom. The molecule has 2 aromatic carbocycles. The first-order chi connectivity index (χ1) is 12.3. The Kier molecular flexibility index (Phi) is 4.90. The first kappa shape index (κ1) is 17.9. The molecule has 1 amide bonds. The molecule has 3 rings (SSSR count). The van der Waals surface area contributed by atoms with Crippen molar-refractivity contribution in [3.63, 3.8) is 0 Å². The number of fused-ring (bicyclic) bond motifs is 1. The van der Waals surface area contributed by atoms with Crippen molar-refractivity contribution in [1.29, 1.82) is 0 Å². The van der Waals surface area contributed by atoms with Crippen molar-refractivity contribution in [1.82, 2.24) is 4.98 Å². The molecule has 0 aliphatic rings. The fraction of sp³-hybridized carbons (Fsp3) is 0.105. The van der Waals surface area contributed by atoms with Crippen LogP contribution in [0.25, 0.3) is 22.0 Å². The molecule has 132 valence electrons. The van der Waals surface area contributed by atoms with E-state index in [1.807, 2.05) is 30.3 Å². The highest BCUT2D eigenvalue weighted by Gasteiger charge is 2.14. The van der Waals surface area contributed by atoms with E-state index in [1.165, 1.54) is 0 Å². The van der Waals surface area contributed by atoms with E-state index < -0.39 is 11.9 Å². The first-order valence-corrected chi connectivity index (χ1v) is 8.58. The van der Waals surface area contributed by atoms with Gasteiger partial charge in [-0.25, -0.2) is 4.98 Å². The van der Waals surface area contributed by atoms with Crippen LogP contribution in [0.2, 0.25) is 0 Å². The molecule has 3 N–H and O–H groups in total. The summed E-state index contributed by atoms with van der Waals surface area (Å²) in [5.41, 5.74) is 8.17. The molecule has 0 bridgehead atoms. The fourth-order valence-electron chi connectivity index (χ4n) is 2.74. The summed E-state index contributed by atoms with van der Waals surface area (Å²) in [6.07, 6.45) is 0. The van der Waals surface area contributed by atoms with Gasteiger partial charge in [-0.2, -0.15) is 0 Å². The number of hydrogen-bond acceptors (Lipinski definition) is 4. The SMILES string of the molecule is CN(CC(=O)O)c1cc(-c2cccc(C(N)=O)c2)c2cc(Br)ccc2n1. The lowest BCUT2D eigenvalue weighted by molar-refractivity contribution is -0.135. The van der Waals surface area contributed by atoms with E-state index in [0.717, 1.165) is 26.5 Å². The van der Waals surface area contributed by atoms with Crippen LogP contribution in [-0.4, -0.2) is 35.6 Å². The van der Waals surface area contributed by atoms with Gasteiger partial charge in [0.15, 0.2) is 0 Å². The number of hydrogen-bond donors (Lipinski definition) is 2. The topological polar surface area (TPSA) is 96.5 Å². The summed E-state index contributed by atoms with van der Waals surface area (Å²) >= 11 is 3.47. The van der Waals surface area contributed by atoms with Crippen molar-refractivity contribution in [3.05, 3.63) is 58.6 Å². The van der Waals surface area contributed by atoms with E-state index in [-0.39, 0.29) is 6.54 Å². The van der Waals surface area contributed by atoms with Gasteiger partial charge in [0.1, 0.15) is 12.4 Å². The molecule has 0 radical (unpaired) electrons. The van der Waals surface area contributed by atoms with Crippen molar-refractivity contribution >= 4 is 44.5 Å². The number of halogens is 1. The third-order valence-electron chi connectivity index (χ3n) is 3.98. The van der Waals surface area contributed by atoms with Crippen molar-refractivity contribution in [2.75, 3.05) is 18.5 Å². The number of nitrogens with two attached hydrogens (primary N) is 1. The maximum absolute atomic E-state index is 11.5. The minimum atomic E-state index is -0.942. The Morgan fingerprint density at radius 2 is 1.96 bits per heavy atom. The van der Waals surface area contributed by atoms with Crippen molar-refractivity contribution in [2.24, 2.45) is 5.73 Å². The summed E-state index contributed by atoms with van der Waals surface area (Å²) in [6.45, 7) is -0.171. The number of primary amides is 1. The molecule has 0 fully saturated rings. The molecule has 26 heavy (non-hydrogen) atoms. The van der Waals surface area contributed by atoms with Gasteiger partial charge in [-0.05, 0) is 47.5 Å². The second-order valence-corrected chi connectivity index (χ2v) is 6.80. The predicted octanol–water partition coefficient (Wildman–Crippen LogP) is 3.28. The monoisotopic (exact) mass is 413 g/mol. The Labute approximate surface area is 158 Å². The average molecular weight is 414 g/mol. The number of carbonyl (C=O) groups is 2. The van der Waals surface area contributed by atoms with Gasteiger partial charge in [0.25, 0.3) is 0 Å². The molecule has 0 aliphatic heterocycles. The Balaban J connectivity index is 2.24. The van der Waals surface area contributed by atoms with Crippen LogP contribution >= 0.6 is 15.9 Å². The first-order valence-electron chi connectivity index (χ1n) is 7.78. The van der Waals surface area contributed by atoms with Gasteiger partial charge < -0.3 is 15.7 Å². The Bertz CT molecular complexity index is 1020. The summed E-state index contributed by atoms with van der Waals surface area (Å²) < 4.78 is 0.894. The molecule has 6 nitrogen and oxygen atoms in total. The quantitative estimate of drug-likeness (QED) is 0.668. The van der Waals surface area contributed by atoms with E-state index in [0.29, 0.717) is 11.4 Å². The van der Waals surface area contributed by atoms with E-state index >= 15 is 0 Å². The number of pyridine rings is 1. The highest BCUT2D eigenvalue weighted by molar-refractivity contribution is 9.10. The largest absolute Gasteiger partial charge is 0.480 e. The number of rotatable bonds is 5. The highest BCUT2D eigenvalue weighted by Crippen LogP contribution is 2.33. The number of amides is 1. The molecular weight excluding hydrogens is 398 g/mol. The molecule has 0 unspecified atom stereocenters. The van der Waals surface area contributed by atoms with Crippen LogP contribution in [0.1, 0.15) is 10.4 Å². The van der Waals surface area contributed by atoms with Gasteiger partial charge in [-0.3, -0.25) is 9.59 Å². The minimum Gasteiger partial charge on any atom is -0.480 e. The molecule has 1 heterocycles. The summed E-state index contributed by atoms with van der Waals surface area (Å²) in [4.78, 5) is 28.7. The lowest BCUT2D eigenvalue weighted by Crippen LogP contribution is -2.26. The zero-order chi connectivity index (χ0) is 18.8. The van der Waals surface area contributed by atoms with E-state index in [4.69, 9.17) is 10.8 Å². The minimum absolute atomic E-state index is 0.171. The van der Waals surface area contributed by atoms with Gasteiger partial charge in [0.05, 0.1) is 5.52 Å². The number of likely N-dealkylation sites (N-methyl/N-ethyl adjacent to an activating group) is 1. The van der Waals surface area contributed by atoms with Crippen LogP contribution in [-0.2, 0) is 4.79 Å². The zero-order valence-corrected chi connectivity index (χ0v) is 15.5. The Morgan fingerprint density at radius 3 is 2.65 bits per heavy atom. The van der Waals surface area contributed by atoms with E-state index in [1.54, 1.807) is 30.1 Å². The zero-order valence-electron chi connectivity index (χ0n) is 13.9. The second-order valence-electron chi connectivity index (χ2n) is 5.88. The van der Waals surface area contributed by atoms with Gasteiger partial charge in [0, 0.05) is 22.5 Å². The molecular formula is C19H16BrN3O3. The molecule has 1 aromatic heterocycles. The van der Waals surface area contributed by atoms with Crippen LogP contribution in [0.4, 0.5) is 5.82 Å². The summed E-state index contributed by atoms with van der Waals surface area (Å²) in [5.74, 6) is -0.918. The number of anilines is 1. The normalized spacial score (nSPS) is 10.7. The molecule has 0 atom stereocenters. The molecule has 0 saturated heterocycles. The summed E-state index contributed by atoms with van der Waals surface area (Å²) in [5, 5.41) is 9.93. The highest BCUT2D eigenvalue weighted by atomic mass is 79.9. The van der Waals surface area contributed by atoms with Crippen LogP contribution < -0.4 is 10.6 Å². The number of carbonyl (C=O) groups excluding carboxylic acids is 1. The number of carboxylic acid groups (broad SMARTS) is 1. The lowest BCUT2D eigenvalue weighted by Gasteiger charge is -2.18. The number of aromatic nitrogens is 1. The smallest absolute Gasteiger partial charge is 0.323 e. The summed E-state index contributed by atoms with van der Waals surface area (Å²) in [6, 6.07) is 14.5. The van der Waals surface area contributed by atoms with Crippen molar-refractivity contribution in [2.45, 2.75) is 0 Å². The third-order valence-corrected chi connectivity index (χ3v) is 4.47. The maximum Gasteiger partial charge on any atom is 0.323 e. The lowest BCUT2D eigenvalue weighted by atomic mass is 9.99. The Hall–Kier alpha value is -2.93. The van der Waals surface area contributed by atoms with Crippen LogP contribution in [0.5, 0.6) is 0 Å². The fourth-order valence-corrected chi connectivity index (χ4v) is 3.10. The number of aliphatic carboxylic acids is 1. The summed E-state index contributed by atoms with van der Waals surface area (Å²) in [7, 11) is 1.67. The second kappa shape index (κ2) is 7.13. The number of carboxylic acids is 1. The average Bonchev–Trinajstić information content (AvgIpc) is 2.60. The van der Waals surface area contributed by atoms with Crippen LogP contribution in [0, 0.1) is 0 Å². The van der Waals surface area contributed by atoms with E-state index in [9.17, 15) is 9.59 Å².